The summed E-state index contributed by atoms with van der Waals surface area (Å²) in [5.41, 5.74) is 1.16. The maximum absolute atomic E-state index is 9.59. The first-order valence-corrected chi connectivity index (χ1v) is 6.41. The molecule has 3 heteroatoms. The van der Waals surface area contributed by atoms with Gasteiger partial charge in [0.25, 0.3) is 0 Å². The van der Waals surface area contributed by atoms with Crippen molar-refractivity contribution in [3.63, 3.8) is 0 Å². The summed E-state index contributed by atoms with van der Waals surface area (Å²) >= 11 is 0. The second kappa shape index (κ2) is 4.22. The van der Waals surface area contributed by atoms with Crippen molar-refractivity contribution in [1.82, 2.24) is 5.32 Å². The number of nitrogens with one attached hydrogen (secondary N) is 1. The summed E-state index contributed by atoms with van der Waals surface area (Å²) < 4.78 is 5.87. The predicted octanol–water partition coefficient (Wildman–Crippen LogP) is 2.26. The third kappa shape index (κ3) is 2.39. The minimum absolute atomic E-state index is 0.334. The summed E-state index contributed by atoms with van der Waals surface area (Å²) in [6.45, 7) is 0.828. The molecule has 2 aliphatic carbocycles. The Hall–Kier alpha value is -1.22. The topological polar surface area (TPSA) is 41.5 Å². The van der Waals surface area contributed by atoms with E-state index in [1.165, 1.54) is 12.8 Å². The Balaban J connectivity index is 1.75. The molecule has 2 aliphatic rings. The number of hydrogen-bond acceptors (Lipinski definition) is 3. The molecule has 2 saturated carbocycles. The number of phenolic OH excluding ortho intramolecular Hbond substituents is 1. The molecule has 0 aliphatic heterocycles. The summed E-state index contributed by atoms with van der Waals surface area (Å²) in [6, 6.07) is 6.00. The van der Waals surface area contributed by atoms with Gasteiger partial charge in [-0.25, -0.2) is 0 Å². The second-order valence-electron chi connectivity index (χ2n) is 5.21. The zero-order chi connectivity index (χ0) is 11.8. The van der Waals surface area contributed by atoms with Crippen molar-refractivity contribution in [1.29, 1.82) is 0 Å². The normalized spacial score (nSPS) is 26.9. The van der Waals surface area contributed by atoms with E-state index in [0.717, 1.165) is 30.3 Å². The molecule has 2 N–H and O–H groups in total. The number of aromatic hydroxyl groups is 1. The molecule has 2 fully saturated rings. The van der Waals surface area contributed by atoms with E-state index in [4.69, 9.17) is 4.74 Å². The van der Waals surface area contributed by atoms with E-state index in [2.05, 4.69) is 5.32 Å². The maximum Gasteiger partial charge on any atom is 0.123 e. The van der Waals surface area contributed by atoms with Crippen molar-refractivity contribution in [3.05, 3.63) is 23.8 Å². The molecule has 2 atom stereocenters. The van der Waals surface area contributed by atoms with Crippen molar-refractivity contribution >= 4 is 0 Å². The standard InChI is InChI=1S/C14H19NO2/c1-15-13-7-11(13)12-6-10(16)4-5-14(12)17-8-9-2-3-9/h4-6,9,11,13,15-16H,2-3,7-8H2,1H3. The Morgan fingerprint density at radius 1 is 1.41 bits per heavy atom. The predicted molar refractivity (Wildman–Crippen MR) is 66.5 cm³/mol. The molecule has 3 nitrogen and oxygen atoms in total. The van der Waals surface area contributed by atoms with Gasteiger partial charge >= 0.3 is 0 Å². The van der Waals surface area contributed by atoms with Gasteiger partial charge in [-0.2, -0.15) is 0 Å². The van der Waals surface area contributed by atoms with Gasteiger partial charge in [0.15, 0.2) is 0 Å². The van der Waals surface area contributed by atoms with Crippen molar-refractivity contribution in [2.75, 3.05) is 13.7 Å². The Labute approximate surface area is 102 Å². The minimum atomic E-state index is 0.334. The molecule has 1 aromatic carbocycles. The molecule has 2 unspecified atom stereocenters. The van der Waals surface area contributed by atoms with E-state index in [0.29, 0.717) is 17.7 Å². The van der Waals surface area contributed by atoms with E-state index < -0.39 is 0 Å². The third-order valence-electron chi connectivity index (χ3n) is 3.73. The molecule has 0 spiro atoms. The van der Waals surface area contributed by atoms with E-state index in [1.54, 1.807) is 6.07 Å². The molecule has 0 amide bonds. The summed E-state index contributed by atoms with van der Waals surface area (Å²) in [6.07, 6.45) is 3.74. The number of hydrogen-bond donors (Lipinski definition) is 2. The third-order valence-corrected chi connectivity index (χ3v) is 3.73. The molecule has 92 valence electrons. The van der Waals surface area contributed by atoms with Gasteiger partial charge in [-0.3, -0.25) is 0 Å². The van der Waals surface area contributed by atoms with E-state index in [1.807, 2.05) is 19.2 Å². The average molecular weight is 233 g/mol. The molecular weight excluding hydrogens is 214 g/mol. The molecule has 0 bridgehead atoms. The molecule has 17 heavy (non-hydrogen) atoms. The van der Waals surface area contributed by atoms with Gasteiger partial charge in [-0.15, -0.1) is 0 Å². The monoisotopic (exact) mass is 233 g/mol. The largest absolute Gasteiger partial charge is 0.508 e. The van der Waals surface area contributed by atoms with Crippen LogP contribution >= 0.6 is 0 Å². The lowest BCUT2D eigenvalue weighted by Gasteiger charge is -2.11. The number of ether oxygens (including phenoxy) is 1. The van der Waals surface area contributed by atoms with E-state index in [9.17, 15) is 5.11 Å². The van der Waals surface area contributed by atoms with Gasteiger partial charge in [0.05, 0.1) is 6.61 Å². The Bertz CT molecular complexity index is 415. The molecule has 3 rings (SSSR count). The minimum Gasteiger partial charge on any atom is -0.508 e. The summed E-state index contributed by atoms with van der Waals surface area (Å²) in [5, 5.41) is 12.9. The van der Waals surface area contributed by atoms with Crippen LogP contribution in [0.25, 0.3) is 0 Å². The van der Waals surface area contributed by atoms with Crippen molar-refractivity contribution in [2.45, 2.75) is 31.2 Å². The van der Waals surface area contributed by atoms with Crippen LogP contribution in [0.4, 0.5) is 0 Å². The second-order valence-corrected chi connectivity index (χ2v) is 5.21. The fourth-order valence-electron chi connectivity index (χ4n) is 2.31. The van der Waals surface area contributed by atoms with Crippen LogP contribution in [-0.4, -0.2) is 24.8 Å². The van der Waals surface area contributed by atoms with Gasteiger partial charge in [0.1, 0.15) is 11.5 Å². The highest BCUT2D eigenvalue weighted by molar-refractivity contribution is 5.45. The Morgan fingerprint density at radius 2 is 2.24 bits per heavy atom. The van der Waals surface area contributed by atoms with Crippen LogP contribution in [0.5, 0.6) is 11.5 Å². The van der Waals surface area contributed by atoms with Crippen LogP contribution in [0.3, 0.4) is 0 Å². The SMILES string of the molecule is CNC1CC1c1cc(O)ccc1OCC1CC1. The van der Waals surface area contributed by atoms with Gasteiger partial charge in [0.2, 0.25) is 0 Å². The van der Waals surface area contributed by atoms with E-state index >= 15 is 0 Å². The summed E-state index contributed by atoms with van der Waals surface area (Å²) in [7, 11) is 1.98. The molecular formula is C14H19NO2. The maximum atomic E-state index is 9.59. The molecule has 0 heterocycles. The number of benzene rings is 1. The number of likely N-dealkylation sites (N-methyl/N-ethyl adjacent to an activating group) is 1. The molecule has 0 aromatic heterocycles. The molecule has 0 saturated heterocycles. The molecule has 1 aromatic rings. The fraction of sp³-hybridized carbons (Fsp3) is 0.571. The average Bonchev–Trinajstić information content (AvgIpc) is 3.21. The van der Waals surface area contributed by atoms with Crippen LogP contribution in [0, 0.1) is 5.92 Å². The van der Waals surface area contributed by atoms with Crippen LogP contribution in [0.1, 0.15) is 30.7 Å². The van der Waals surface area contributed by atoms with Crippen molar-refractivity contribution in [2.24, 2.45) is 5.92 Å². The first-order valence-electron chi connectivity index (χ1n) is 6.41. The highest BCUT2D eigenvalue weighted by Gasteiger charge is 2.39. The first-order chi connectivity index (χ1) is 8.28. The summed E-state index contributed by atoms with van der Waals surface area (Å²) in [4.78, 5) is 0. The zero-order valence-corrected chi connectivity index (χ0v) is 10.1. The van der Waals surface area contributed by atoms with Crippen LogP contribution in [0.2, 0.25) is 0 Å². The lowest BCUT2D eigenvalue weighted by molar-refractivity contribution is 0.296. The zero-order valence-electron chi connectivity index (χ0n) is 10.1. The lowest BCUT2D eigenvalue weighted by Crippen LogP contribution is -2.11. The highest BCUT2D eigenvalue weighted by atomic mass is 16.5. The number of phenols is 1. The van der Waals surface area contributed by atoms with Gasteiger partial charge < -0.3 is 15.2 Å². The quantitative estimate of drug-likeness (QED) is 0.819. The van der Waals surface area contributed by atoms with Crippen LogP contribution in [-0.2, 0) is 0 Å². The summed E-state index contributed by atoms with van der Waals surface area (Å²) in [5.74, 6) is 2.55. The lowest BCUT2D eigenvalue weighted by atomic mass is 10.1. The number of rotatable bonds is 5. The van der Waals surface area contributed by atoms with Crippen LogP contribution in [0.15, 0.2) is 18.2 Å². The smallest absolute Gasteiger partial charge is 0.123 e. The Morgan fingerprint density at radius 3 is 2.88 bits per heavy atom. The van der Waals surface area contributed by atoms with Gasteiger partial charge in [-0.05, 0) is 50.4 Å². The molecule has 0 radical (unpaired) electrons. The van der Waals surface area contributed by atoms with Gasteiger partial charge in [0, 0.05) is 17.5 Å². The Kier molecular flexibility index (Phi) is 2.71. The van der Waals surface area contributed by atoms with Crippen LogP contribution < -0.4 is 10.1 Å². The van der Waals surface area contributed by atoms with Gasteiger partial charge in [-0.1, -0.05) is 0 Å². The fourth-order valence-corrected chi connectivity index (χ4v) is 2.31. The highest BCUT2D eigenvalue weighted by Crippen LogP contribution is 2.46. The van der Waals surface area contributed by atoms with Crippen molar-refractivity contribution in [3.8, 4) is 11.5 Å². The van der Waals surface area contributed by atoms with Crippen molar-refractivity contribution < 1.29 is 9.84 Å². The van der Waals surface area contributed by atoms with E-state index in [-0.39, 0.29) is 0 Å². The first kappa shape index (κ1) is 10.9.